The normalized spacial score (nSPS) is 12.2. The Morgan fingerprint density at radius 3 is 1.46 bits per heavy atom. The maximum atomic E-state index is 15.0. The summed E-state index contributed by atoms with van der Waals surface area (Å²) in [5.41, 5.74) is 9.52. The number of hydrogen-bond acceptors (Lipinski definition) is 16. The first-order valence-electron chi connectivity index (χ1n) is 24.0. The monoisotopic (exact) mass is 1090 g/mol. The first-order valence-corrected chi connectivity index (χ1v) is 24.4. The van der Waals surface area contributed by atoms with Gasteiger partial charge in [-0.15, -0.1) is 0 Å². The molecular weight excluding hydrogens is 1030 g/mol. The number of allylic oxidation sites excluding steroid dienone is 1. The summed E-state index contributed by atoms with van der Waals surface area (Å²) in [6.07, 6.45) is 5.36. The third-order valence-corrected chi connectivity index (χ3v) is 12.0. The fraction of sp³-hybridized carbons (Fsp3) is 0.259. The van der Waals surface area contributed by atoms with E-state index in [1.807, 2.05) is 12.1 Å². The molecule has 5 amide bonds. The highest BCUT2D eigenvalue weighted by Gasteiger charge is 2.35. The Morgan fingerprint density at radius 1 is 0.679 bits per heavy atom. The summed E-state index contributed by atoms with van der Waals surface area (Å²) in [6.45, 7) is 16.8. The Morgan fingerprint density at radius 2 is 1.09 bits per heavy atom. The van der Waals surface area contributed by atoms with Gasteiger partial charge in [0.25, 0.3) is 0 Å². The number of para-hydroxylation sites is 4. The number of benzene rings is 4. The van der Waals surface area contributed by atoms with E-state index in [0.717, 1.165) is 6.08 Å². The average molecular weight is 1090 g/mol. The number of methoxy groups -OCH3 is 4. The number of carbonyl (C=O) groups is 4. The molecule has 21 nitrogen and oxygen atoms in total. The highest BCUT2D eigenvalue weighted by molar-refractivity contribution is 6.66. The molecule has 2 aliphatic heterocycles. The van der Waals surface area contributed by atoms with Crippen LogP contribution in [0, 0.1) is 11.6 Å². The van der Waals surface area contributed by atoms with E-state index in [1.54, 1.807) is 55.8 Å². The Labute approximate surface area is 456 Å². The van der Waals surface area contributed by atoms with Crippen molar-refractivity contribution in [3.05, 3.63) is 133 Å². The van der Waals surface area contributed by atoms with Crippen molar-refractivity contribution >= 4 is 92.5 Å². The Bertz CT molecular complexity index is 3130. The highest BCUT2D eigenvalue weighted by atomic mass is 35.5. The lowest BCUT2D eigenvalue weighted by Crippen LogP contribution is -2.46. The molecule has 4 aromatic carbocycles. The van der Waals surface area contributed by atoms with Gasteiger partial charge in [0.1, 0.15) is 23.1 Å². The molecule has 24 heteroatoms. The number of anilines is 10. The predicted molar refractivity (Wildman–Crippen MR) is 300 cm³/mol. The van der Waals surface area contributed by atoms with Crippen molar-refractivity contribution in [1.82, 2.24) is 24.8 Å². The molecule has 0 saturated heterocycles. The lowest BCUT2D eigenvalue weighted by Gasteiger charge is -2.34. The zero-order valence-corrected chi connectivity index (χ0v) is 45.4. The number of aromatic nitrogens is 4. The number of carbonyl (C=O) groups excluding carboxylic acids is 4. The van der Waals surface area contributed by atoms with Crippen molar-refractivity contribution in [2.45, 2.75) is 33.9 Å². The number of hydrogen-bond donors (Lipinski definition) is 4. The molecule has 0 spiro atoms. The summed E-state index contributed by atoms with van der Waals surface area (Å²) in [4.78, 5) is 72.6. The van der Waals surface area contributed by atoms with Gasteiger partial charge in [0, 0.05) is 61.9 Å². The lowest BCUT2D eigenvalue weighted by atomic mass is 10.1. The molecule has 0 atom stereocenters. The van der Waals surface area contributed by atoms with Gasteiger partial charge >= 0.3 is 12.1 Å². The third-order valence-electron chi connectivity index (χ3n) is 11.8. The van der Waals surface area contributed by atoms with Crippen LogP contribution in [0.3, 0.4) is 0 Å². The minimum absolute atomic E-state index is 0.0118. The van der Waals surface area contributed by atoms with E-state index < -0.39 is 28.9 Å². The fourth-order valence-corrected chi connectivity index (χ4v) is 7.57. The average Bonchev–Trinajstić information content (AvgIpc) is 3.53. The van der Waals surface area contributed by atoms with Crippen LogP contribution in [0.4, 0.5) is 76.0 Å². The van der Waals surface area contributed by atoms with Crippen molar-refractivity contribution in [3.8, 4) is 23.0 Å². The summed E-state index contributed by atoms with van der Waals surface area (Å²) < 4.78 is 50.6. The molecule has 0 bridgehead atoms. The maximum Gasteiger partial charge on any atom is 0.330 e. The van der Waals surface area contributed by atoms with Gasteiger partial charge in [-0.3, -0.25) is 29.2 Å². The second-order valence-electron chi connectivity index (χ2n) is 16.5. The van der Waals surface area contributed by atoms with Crippen LogP contribution in [0.2, 0.25) is 0 Å². The van der Waals surface area contributed by atoms with Gasteiger partial charge < -0.3 is 45.5 Å². The van der Waals surface area contributed by atoms with Crippen LogP contribution >= 0.6 is 11.6 Å². The molecule has 0 aliphatic carbocycles. The van der Waals surface area contributed by atoms with Crippen LogP contribution in [-0.4, -0.2) is 110 Å². The van der Waals surface area contributed by atoms with E-state index in [0.29, 0.717) is 63.0 Å². The van der Waals surface area contributed by atoms with Gasteiger partial charge in [0.15, 0.2) is 23.1 Å². The summed E-state index contributed by atoms with van der Waals surface area (Å²) in [5, 5.41) is 8.30. The zero-order valence-electron chi connectivity index (χ0n) is 44.7. The molecule has 0 radical (unpaired) electrons. The predicted octanol–water partition coefficient (Wildman–Crippen LogP) is 9.90. The SMILES string of the molecule is C=CC(=O)Cl.C=CC(=O)Nc1ccccc1Nc1ncc2c(n1)N(C)C(=O)N(c1cc(OC)cc(OC)c1F)C2.CCN(CC)CC.COc1cc(OC)c(F)c(N2Cc3cnc(Nc4ccccc4N)nc3N(C)C2=O)c1. The van der Waals surface area contributed by atoms with Crippen LogP contribution < -0.4 is 60.2 Å². The van der Waals surface area contributed by atoms with Crippen molar-refractivity contribution in [3.63, 3.8) is 0 Å². The summed E-state index contributed by atoms with van der Waals surface area (Å²) in [5.74, 6) is 0.231. The number of urea groups is 2. The molecule has 6 aromatic rings. The van der Waals surface area contributed by atoms with Gasteiger partial charge in [-0.05, 0) is 67.7 Å². The van der Waals surface area contributed by atoms with Crippen molar-refractivity contribution in [2.24, 2.45) is 0 Å². The topological polar surface area (TPSA) is 235 Å². The summed E-state index contributed by atoms with van der Waals surface area (Å²) in [7, 11) is 8.69. The lowest BCUT2D eigenvalue weighted by molar-refractivity contribution is -0.112. The molecule has 0 fully saturated rings. The van der Waals surface area contributed by atoms with Crippen LogP contribution in [0.25, 0.3) is 0 Å². The number of nitrogen functional groups attached to an aromatic ring is 1. The standard InChI is InChI=1S/C24H23FN6O4.C21H21FN6O3.C6H15N.C3H3ClO/c1-5-20(32)27-16-8-6-7-9-17(16)28-23-26-12-14-13-31(24(33)30(2)22(14)29-23)18-10-15(34-3)11-19(35-4)21(18)25;1-27-19-12(10-24-20(26-19)25-15-7-5-4-6-14(15)23)11-28(21(27)29)16-8-13(30-2)9-17(31-3)18(16)22;1-4-7(5-2)6-3;1-2-3(4)5/h5-12H,1,13H2,2-4H3,(H,27,32)(H,26,28,29);4-10H,11,23H2,1-3H3,(H,24,25,26);4-6H2,1-3H3;2H,1H2. The molecule has 412 valence electrons. The van der Waals surface area contributed by atoms with Gasteiger partial charge in [0.2, 0.25) is 23.0 Å². The molecule has 2 aliphatic rings. The van der Waals surface area contributed by atoms with Crippen LogP contribution in [0.1, 0.15) is 31.9 Å². The number of nitrogens with zero attached hydrogens (tertiary/aromatic N) is 9. The molecule has 0 unspecified atom stereocenters. The number of nitrogens with one attached hydrogen (secondary N) is 3. The molecule has 2 aromatic heterocycles. The van der Waals surface area contributed by atoms with E-state index in [4.69, 9.17) is 36.3 Å². The maximum absolute atomic E-state index is 15.0. The molecule has 78 heavy (non-hydrogen) atoms. The minimum atomic E-state index is -0.684. The Hall–Kier alpha value is -9.09. The zero-order chi connectivity index (χ0) is 57.2. The van der Waals surface area contributed by atoms with Gasteiger partial charge in [-0.2, -0.15) is 9.97 Å². The number of rotatable bonds is 16. The van der Waals surface area contributed by atoms with E-state index in [1.165, 1.54) is 105 Å². The number of ether oxygens (including phenoxy) is 4. The van der Waals surface area contributed by atoms with E-state index in [9.17, 15) is 23.6 Å². The molecule has 8 rings (SSSR count). The van der Waals surface area contributed by atoms with Gasteiger partial charge in [-0.25, -0.2) is 28.3 Å². The largest absolute Gasteiger partial charge is 0.497 e. The van der Waals surface area contributed by atoms with Gasteiger partial charge in [-0.1, -0.05) is 58.2 Å². The van der Waals surface area contributed by atoms with E-state index in [2.05, 4.69) is 74.7 Å². The number of fused-ring (bicyclic) bond motifs is 2. The van der Waals surface area contributed by atoms with E-state index >= 15 is 4.39 Å². The second-order valence-corrected chi connectivity index (χ2v) is 16.8. The Balaban J connectivity index is 0.000000239. The van der Waals surface area contributed by atoms with E-state index in [-0.39, 0.29) is 47.8 Å². The third kappa shape index (κ3) is 14.6. The number of amides is 5. The van der Waals surface area contributed by atoms with Crippen LogP contribution in [0.5, 0.6) is 23.0 Å². The smallest absolute Gasteiger partial charge is 0.330 e. The van der Waals surface area contributed by atoms with Crippen molar-refractivity contribution < 1.29 is 46.9 Å². The first kappa shape index (κ1) is 59.8. The van der Waals surface area contributed by atoms with Crippen LogP contribution in [-0.2, 0) is 22.7 Å². The first-order chi connectivity index (χ1) is 37.4. The second kappa shape index (κ2) is 28.2. The fourth-order valence-electron chi connectivity index (χ4n) is 7.57. The summed E-state index contributed by atoms with van der Waals surface area (Å²) in [6, 6.07) is 19.0. The Kier molecular flexibility index (Phi) is 21.6. The van der Waals surface area contributed by atoms with Gasteiger partial charge in [0.05, 0.1) is 75.7 Å². The molecule has 0 saturated carbocycles. The highest BCUT2D eigenvalue weighted by Crippen LogP contribution is 2.39. The van der Waals surface area contributed by atoms with Crippen molar-refractivity contribution in [1.29, 1.82) is 0 Å². The van der Waals surface area contributed by atoms with Crippen molar-refractivity contribution in [2.75, 3.05) is 103 Å². The minimum Gasteiger partial charge on any atom is -0.497 e. The quantitative estimate of drug-likeness (QED) is 0.0401. The molecule has 5 N–H and O–H groups in total. The van der Waals surface area contributed by atoms with Crippen LogP contribution in [0.15, 0.2) is 111 Å². The summed E-state index contributed by atoms with van der Waals surface area (Å²) >= 11 is 4.71. The number of nitrogens with two attached hydrogens (primary N) is 1. The number of halogens is 3. The molecular formula is C54H62ClF2N13O8. The molecule has 4 heterocycles.